The highest BCUT2D eigenvalue weighted by molar-refractivity contribution is 5.86. The van der Waals surface area contributed by atoms with Crippen molar-refractivity contribution >= 4 is 16.7 Å². The molecule has 0 unspecified atom stereocenters. The van der Waals surface area contributed by atoms with Gasteiger partial charge in [-0.15, -0.1) is 0 Å². The predicted octanol–water partition coefficient (Wildman–Crippen LogP) is 3.89. The molecule has 0 amide bonds. The predicted molar refractivity (Wildman–Crippen MR) is 103 cm³/mol. The zero-order valence-electron chi connectivity index (χ0n) is 15.1. The summed E-state index contributed by atoms with van der Waals surface area (Å²) in [7, 11) is 2.07. The standard InChI is InChI=1S/C21H24N4O/c1-24-12-10-17-18(24)3-2-4-19(17)26-16-8-13-25(14-9-16)20-7-11-22-21(23-20)15-5-6-15/h2-4,7,10-12,15-16H,5-6,8-9,13-14H2,1H3. The van der Waals surface area contributed by atoms with Crippen LogP contribution in [0.1, 0.15) is 37.4 Å². The fourth-order valence-electron chi connectivity index (χ4n) is 3.84. The van der Waals surface area contributed by atoms with Crippen LogP contribution in [-0.2, 0) is 7.05 Å². The van der Waals surface area contributed by atoms with Gasteiger partial charge in [-0.25, -0.2) is 9.97 Å². The quantitative estimate of drug-likeness (QED) is 0.717. The van der Waals surface area contributed by atoms with Crippen LogP contribution in [0.15, 0.2) is 42.7 Å². The summed E-state index contributed by atoms with van der Waals surface area (Å²) in [5.41, 5.74) is 1.22. The zero-order valence-corrected chi connectivity index (χ0v) is 15.1. The number of aromatic nitrogens is 3. The number of fused-ring (bicyclic) bond motifs is 1. The van der Waals surface area contributed by atoms with Gasteiger partial charge in [0.25, 0.3) is 0 Å². The van der Waals surface area contributed by atoms with E-state index in [4.69, 9.17) is 9.72 Å². The lowest BCUT2D eigenvalue weighted by Crippen LogP contribution is -2.38. The Morgan fingerprint density at radius 3 is 2.69 bits per heavy atom. The van der Waals surface area contributed by atoms with Gasteiger partial charge in [-0.1, -0.05) is 6.07 Å². The summed E-state index contributed by atoms with van der Waals surface area (Å²) in [6.07, 6.45) is 8.79. The van der Waals surface area contributed by atoms with Crippen LogP contribution in [0.5, 0.6) is 5.75 Å². The SMILES string of the molecule is Cn1ccc2c(OC3CCN(c4ccnc(C5CC5)n4)CC3)cccc21. The van der Waals surface area contributed by atoms with E-state index in [1.165, 1.54) is 23.7 Å². The summed E-state index contributed by atoms with van der Waals surface area (Å²) in [6.45, 7) is 1.97. The van der Waals surface area contributed by atoms with Crippen molar-refractivity contribution in [2.45, 2.75) is 37.7 Å². The van der Waals surface area contributed by atoms with Crippen molar-refractivity contribution in [3.05, 3.63) is 48.5 Å². The van der Waals surface area contributed by atoms with Gasteiger partial charge in [0.2, 0.25) is 0 Å². The van der Waals surface area contributed by atoms with Gasteiger partial charge in [0.15, 0.2) is 0 Å². The first-order chi connectivity index (χ1) is 12.8. The molecule has 26 heavy (non-hydrogen) atoms. The van der Waals surface area contributed by atoms with Crippen molar-refractivity contribution in [2.24, 2.45) is 7.05 Å². The second kappa shape index (κ2) is 6.31. The number of rotatable bonds is 4. The second-order valence-electron chi connectivity index (χ2n) is 7.47. The lowest BCUT2D eigenvalue weighted by Gasteiger charge is -2.33. The van der Waals surface area contributed by atoms with E-state index in [-0.39, 0.29) is 6.10 Å². The topological polar surface area (TPSA) is 43.2 Å². The average molecular weight is 348 g/mol. The van der Waals surface area contributed by atoms with Crippen LogP contribution in [0.3, 0.4) is 0 Å². The lowest BCUT2D eigenvalue weighted by molar-refractivity contribution is 0.173. The number of anilines is 1. The first-order valence-electron chi connectivity index (χ1n) is 9.56. The number of benzene rings is 1. The third-order valence-corrected chi connectivity index (χ3v) is 5.55. The first-order valence-corrected chi connectivity index (χ1v) is 9.56. The highest BCUT2D eigenvalue weighted by Crippen LogP contribution is 2.38. The monoisotopic (exact) mass is 348 g/mol. The van der Waals surface area contributed by atoms with E-state index in [1.54, 1.807) is 0 Å². The summed E-state index contributed by atoms with van der Waals surface area (Å²) in [5.74, 6) is 3.70. The van der Waals surface area contributed by atoms with Crippen LogP contribution >= 0.6 is 0 Å². The minimum atomic E-state index is 0.266. The van der Waals surface area contributed by atoms with E-state index < -0.39 is 0 Å². The molecular weight excluding hydrogens is 324 g/mol. The number of piperidine rings is 1. The maximum atomic E-state index is 6.37. The Labute approximate surface area is 153 Å². The van der Waals surface area contributed by atoms with Gasteiger partial charge in [-0.05, 0) is 37.1 Å². The summed E-state index contributed by atoms with van der Waals surface area (Å²) < 4.78 is 8.50. The summed E-state index contributed by atoms with van der Waals surface area (Å²) in [6, 6.07) is 10.5. The Bertz CT molecular complexity index is 923. The van der Waals surface area contributed by atoms with Crippen LogP contribution in [0, 0.1) is 0 Å². The first kappa shape index (κ1) is 15.7. The van der Waals surface area contributed by atoms with Crippen molar-refractivity contribution in [2.75, 3.05) is 18.0 Å². The van der Waals surface area contributed by atoms with Crippen molar-refractivity contribution in [1.29, 1.82) is 0 Å². The van der Waals surface area contributed by atoms with Gasteiger partial charge in [-0.3, -0.25) is 0 Å². The van der Waals surface area contributed by atoms with Gasteiger partial charge < -0.3 is 14.2 Å². The molecule has 1 saturated carbocycles. The molecule has 2 aromatic heterocycles. The Morgan fingerprint density at radius 1 is 1.04 bits per heavy atom. The zero-order chi connectivity index (χ0) is 17.5. The lowest BCUT2D eigenvalue weighted by atomic mass is 10.1. The van der Waals surface area contributed by atoms with Gasteiger partial charge in [0, 0.05) is 56.7 Å². The largest absolute Gasteiger partial charge is 0.490 e. The van der Waals surface area contributed by atoms with Gasteiger partial charge in [0.1, 0.15) is 23.5 Å². The molecule has 0 bridgehead atoms. The average Bonchev–Trinajstić information content (AvgIpc) is 3.47. The smallest absolute Gasteiger partial charge is 0.133 e. The molecule has 0 radical (unpaired) electrons. The number of hydrogen-bond donors (Lipinski definition) is 0. The number of nitrogens with zero attached hydrogens (tertiary/aromatic N) is 4. The van der Waals surface area contributed by atoms with Crippen LogP contribution in [0.2, 0.25) is 0 Å². The van der Waals surface area contributed by atoms with Gasteiger partial charge >= 0.3 is 0 Å². The number of aryl methyl sites for hydroxylation is 1. The van der Waals surface area contributed by atoms with Crippen molar-refractivity contribution < 1.29 is 4.74 Å². The Balaban J connectivity index is 1.26. The number of ether oxygens (including phenoxy) is 1. The maximum absolute atomic E-state index is 6.37. The molecule has 0 N–H and O–H groups in total. The second-order valence-corrected chi connectivity index (χ2v) is 7.47. The molecule has 1 aliphatic carbocycles. The Morgan fingerprint density at radius 2 is 1.88 bits per heavy atom. The molecule has 3 aromatic rings. The van der Waals surface area contributed by atoms with E-state index in [0.717, 1.165) is 43.3 Å². The summed E-state index contributed by atoms with van der Waals surface area (Å²) in [4.78, 5) is 11.6. The Hall–Kier alpha value is -2.56. The molecule has 2 aliphatic rings. The van der Waals surface area contributed by atoms with Crippen LogP contribution < -0.4 is 9.64 Å². The van der Waals surface area contributed by atoms with E-state index in [9.17, 15) is 0 Å². The third-order valence-electron chi connectivity index (χ3n) is 5.55. The molecule has 0 atom stereocenters. The molecule has 1 aromatic carbocycles. The van der Waals surface area contributed by atoms with E-state index in [1.807, 2.05) is 12.3 Å². The van der Waals surface area contributed by atoms with Crippen molar-refractivity contribution in [1.82, 2.24) is 14.5 Å². The number of hydrogen-bond acceptors (Lipinski definition) is 4. The summed E-state index contributed by atoms with van der Waals surface area (Å²) >= 11 is 0. The fraction of sp³-hybridized carbons (Fsp3) is 0.429. The van der Waals surface area contributed by atoms with E-state index in [0.29, 0.717) is 5.92 Å². The van der Waals surface area contributed by atoms with Crippen LogP contribution in [0.4, 0.5) is 5.82 Å². The molecule has 2 fully saturated rings. The molecular formula is C21H24N4O. The van der Waals surface area contributed by atoms with Crippen molar-refractivity contribution in [3.8, 4) is 5.75 Å². The van der Waals surface area contributed by atoms with Gasteiger partial charge in [0.05, 0.1) is 5.52 Å². The molecule has 5 nitrogen and oxygen atoms in total. The maximum Gasteiger partial charge on any atom is 0.133 e. The van der Waals surface area contributed by atoms with Gasteiger partial charge in [-0.2, -0.15) is 0 Å². The van der Waals surface area contributed by atoms with Crippen molar-refractivity contribution in [3.63, 3.8) is 0 Å². The normalized spacial score (nSPS) is 18.4. The molecule has 3 heterocycles. The fourth-order valence-corrected chi connectivity index (χ4v) is 3.84. The molecule has 5 rings (SSSR count). The molecule has 5 heteroatoms. The minimum Gasteiger partial charge on any atom is -0.490 e. The summed E-state index contributed by atoms with van der Waals surface area (Å²) in [5, 5.41) is 1.20. The van der Waals surface area contributed by atoms with Crippen LogP contribution in [-0.4, -0.2) is 33.7 Å². The Kier molecular flexibility index (Phi) is 3.80. The van der Waals surface area contributed by atoms with Crippen LogP contribution in [0.25, 0.3) is 10.9 Å². The highest BCUT2D eigenvalue weighted by Gasteiger charge is 2.28. The molecule has 1 aliphatic heterocycles. The molecule has 0 spiro atoms. The molecule has 1 saturated heterocycles. The molecule has 134 valence electrons. The minimum absolute atomic E-state index is 0.266. The highest BCUT2D eigenvalue weighted by atomic mass is 16.5. The third kappa shape index (κ3) is 2.91. The van der Waals surface area contributed by atoms with E-state index in [2.05, 4.69) is 52.0 Å². The van der Waals surface area contributed by atoms with E-state index >= 15 is 0 Å².